The molecule has 4 aliphatic rings. The first-order chi connectivity index (χ1) is 7.52. The van der Waals surface area contributed by atoms with Gasteiger partial charge in [-0.2, -0.15) is 0 Å². The van der Waals surface area contributed by atoms with Gasteiger partial charge >= 0.3 is 0 Å². The first-order valence-electron chi connectivity index (χ1n) is 7.20. The molecule has 5 atom stereocenters. The molecule has 0 aromatic heterocycles. The van der Waals surface area contributed by atoms with Gasteiger partial charge in [0.2, 0.25) is 0 Å². The standard InChI is InChI=1S/C15H24O/c1-13(2)9-11-10(13)3-5-15-8-7-14(11,15)6-4-12(15)16/h10-12,16H,3-9H2,1-2H3/t10-,11-,12-,14+,15+/m1/s1. The molecular weight excluding hydrogens is 196 g/mol. The van der Waals surface area contributed by atoms with Crippen molar-refractivity contribution in [3.63, 3.8) is 0 Å². The molecule has 0 aromatic carbocycles. The molecule has 0 radical (unpaired) electrons. The topological polar surface area (TPSA) is 20.2 Å². The Morgan fingerprint density at radius 1 is 0.875 bits per heavy atom. The first kappa shape index (κ1) is 9.94. The maximum absolute atomic E-state index is 10.4. The Labute approximate surface area is 98.6 Å². The summed E-state index contributed by atoms with van der Waals surface area (Å²) in [5.74, 6) is 1.95. The van der Waals surface area contributed by atoms with E-state index in [2.05, 4.69) is 13.8 Å². The number of hydrogen-bond acceptors (Lipinski definition) is 1. The molecule has 0 heterocycles. The third-order valence-corrected chi connectivity index (χ3v) is 7.36. The summed E-state index contributed by atoms with van der Waals surface area (Å²) in [5, 5.41) is 10.4. The minimum Gasteiger partial charge on any atom is -0.393 e. The molecule has 1 heteroatoms. The zero-order chi connectivity index (χ0) is 11.2. The Hall–Kier alpha value is -0.0400. The molecule has 4 fully saturated rings. The normalized spacial score (nSPS) is 61.3. The number of aliphatic hydroxyl groups is 1. The predicted molar refractivity (Wildman–Crippen MR) is 64.0 cm³/mol. The van der Waals surface area contributed by atoms with Crippen LogP contribution in [0.3, 0.4) is 0 Å². The molecule has 0 aromatic rings. The summed E-state index contributed by atoms with van der Waals surface area (Å²) in [6, 6.07) is 0. The molecule has 4 rings (SSSR count). The maximum atomic E-state index is 10.4. The minimum absolute atomic E-state index is 0.0471. The van der Waals surface area contributed by atoms with Crippen molar-refractivity contribution < 1.29 is 5.11 Å². The van der Waals surface area contributed by atoms with Crippen LogP contribution in [0.25, 0.3) is 0 Å². The average Bonchev–Trinajstić information content (AvgIpc) is 2.39. The Bertz CT molecular complexity index is 347. The van der Waals surface area contributed by atoms with Gasteiger partial charge in [-0.3, -0.25) is 0 Å². The number of hydrogen-bond donors (Lipinski definition) is 1. The lowest BCUT2D eigenvalue weighted by molar-refractivity contribution is -0.251. The third-order valence-electron chi connectivity index (χ3n) is 7.36. The summed E-state index contributed by atoms with van der Waals surface area (Å²) in [6.45, 7) is 4.92. The van der Waals surface area contributed by atoms with Crippen molar-refractivity contribution >= 4 is 0 Å². The summed E-state index contributed by atoms with van der Waals surface area (Å²) < 4.78 is 0. The molecule has 0 unspecified atom stereocenters. The van der Waals surface area contributed by atoms with Crippen molar-refractivity contribution in [1.29, 1.82) is 0 Å². The zero-order valence-electron chi connectivity index (χ0n) is 10.6. The highest BCUT2D eigenvalue weighted by Crippen LogP contribution is 2.80. The molecule has 90 valence electrons. The van der Waals surface area contributed by atoms with Crippen LogP contribution in [-0.2, 0) is 0 Å². The highest BCUT2D eigenvalue weighted by atomic mass is 16.3. The fourth-order valence-corrected chi connectivity index (χ4v) is 6.42. The minimum atomic E-state index is 0.0471. The smallest absolute Gasteiger partial charge is 0.0602 e. The molecule has 0 saturated heterocycles. The SMILES string of the molecule is CC1(C)C[C@@H]2[C@H]1CC[C@@]13CC[C@@]21CC[C@H]3O. The lowest BCUT2D eigenvalue weighted by Gasteiger charge is -2.72. The molecular formula is C15H24O. The van der Waals surface area contributed by atoms with Gasteiger partial charge in [-0.1, -0.05) is 13.8 Å². The molecule has 0 aliphatic heterocycles. The molecule has 0 amide bonds. The van der Waals surface area contributed by atoms with E-state index in [1.54, 1.807) is 0 Å². The fourth-order valence-electron chi connectivity index (χ4n) is 6.42. The van der Waals surface area contributed by atoms with Crippen LogP contribution in [0.2, 0.25) is 0 Å². The first-order valence-corrected chi connectivity index (χ1v) is 7.20. The average molecular weight is 220 g/mol. The summed E-state index contributed by atoms with van der Waals surface area (Å²) >= 11 is 0. The number of aliphatic hydroxyl groups excluding tert-OH is 1. The van der Waals surface area contributed by atoms with E-state index >= 15 is 0 Å². The van der Waals surface area contributed by atoms with E-state index in [-0.39, 0.29) is 6.10 Å². The van der Waals surface area contributed by atoms with E-state index in [0.717, 1.165) is 18.3 Å². The lowest BCUT2D eigenvalue weighted by Crippen LogP contribution is -2.66. The van der Waals surface area contributed by atoms with E-state index in [9.17, 15) is 5.11 Å². The summed E-state index contributed by atoms with van der Waals surface area (Å²) in [7, 11) is 0. The summed E-state index contributed by atoms with van der Waals surface area (Å²) in [6.07, 6.45) is 9.42. The van der Waals surface area contributed by atoms with Crippen LogP contribution in [0, 0.1) is 28.1 Å². The largest absolute Gasteiger partial charge is 0.393 e. The zero-order valence-corrected chi connectivity index (χ0v) is 10.6. The second-order valence-electron chi connectivity index (χ2n) is 7.81. The van der Waals surface area contributed by atoms with Crippen LogP contribution >= 0.6 is 0 Å². The van der Waals surface area contributed by atoms with Crippen molar-refractivity contribution in [2.75, 3.05) is 0 Å². The van der Waals surface area contributed by atoms with Crippen LogP contribution in [0.1, 0.15) is 58.8 Å². The van der Waals surface area contributed by atoms with Crippen LogP contribution < -0.4 is 0 Å². The second-order valence-corrected chi connectivity index (χ2v) is 7.81. The van der Waals surface area contributed by atoms with Gasteiger partial charge in [0, 0.05) is 5.41 Å². The van der Waals surface area contributed by atoms with Crippen LogP contribution in [0.15, 0.2) is 0 Å². The molecule has 16 heavy (non-hydrogen) atoms. The van der Waals surface area contributed by atoms with Crippen molar-refractivity contribution in [2.24, 2.45) is 28.1 Å². The number of fused-ring (bicyclic) bond motifs is 1. The van der Waals surface area contributed by atoms with Crippen molar-refractivity contribution in [1.82, 2.24) is 0 Å². The van der Waals surface area contributed by atoms with Gasteiger partial charge in [0.05, 0.1) is 6.10 Å². The molecule has 1 nitrogen and oxygen atoms in total. The molecule has 1 N–H and O–H groups in total. The highest BCUT2D eigenvalue weighted by molar-refractivity contribution is 5.23. The Morgan fingerprint density at radius 2 is 1.56 bits per heavy atom. The van der Waals surface area contributed by atoms with E-state index < -0.39 is 0 Å². The van der Waals surface area contributed by atoms with E-state index in [1.807, 2.05) is 0 Å². The van der Waals surface area contributed by atoms with Crippen LogP contribution in [0.5, 0.6) is 0 Å². The number of rotatable bonds is 0. The predicted octanol–water partition coefficient (Wildman–Crippen LogP) is 3.36. The third kappa shape index (κ3) is 0.776. The molecule has 0 spiro atoms. The Morgan fingerprint density at radius 3 is 2.19 bits per heavy atom. The second kappa shape index (κ2) is 2.53. The Balaban J connectivity index is 1.73. The molecule has 4 aliphatic carbocycles. The van der Waals surface area contributed by atoms with Crippen LogP contribution in [0.4, 0.5) is 0 Å². The van der Waals surface area contributed by atoms with Gasteiger partial charge in [-0.15, -0.1) is 0 Å². The quantitative estimate of drug-likeness (QED) is 0.663. The molecule has 0 bridgehead atoms. The van der Waals surface area contributed by atoms with E-state index in [1.165, 1.54) is 38.5 Å². The van der Waals surface area contributed by atoms with Gasteiger partial charge in [-0.05, 0) is 67.6 Å². The highest BCUT2D eigenvalue weighted by Gasteiger charge is 2.74. The van der Waals surface area contributed by atoms with Gasteiger partial charge in [0.15, 0.2) is 0 Å². The van der Waals surface area contributed by atoms with Gasteiger partial charge < -0.3 is 5.11 Å². The van der Waals surface area contributed by atoms with Crippen molar-refractivity contribution in [3.05, 3.63) is 0 Å². The summed E-state index contributed by atoms with van der Waals surface area (Å²) in [4.78, 5) is 0. The summed E-state index contributed by atoms with van der Waals surface area (Å²) in [5.41, 5.74) is 1.60. The van der Waals surface area contributed by atoms with Gasteiger partial charge in [0.1, 0.15) is 0 Å². The Kier molecular flexibility index (Phi) is 1.57. The van der Waals surface area contributed by atoms with Gasteiger partial charge in [0.25, 0.3) is 0 Å². The van der Waals surface area contributed by atoms with Crippen LogP contribution in [-0.4, -0.2) is 11.2 Å². The monoisotopic (exact) mass is 220 g/mol. The fraction of sp³-hybridized carbons (Fsp3) is 1.00. The molecule has 4 saturated carbocycles. The van der Waals surface area contributed by atoms with E-state index in [4.69, 9.17) is 0 Å². The van der Waals surface area contributed by atoms with Crippen molar-refractivity contribution in [2.45, 2.75) is 64.9 Å². The van der Waals surface area contributed by atoms with Gasteiger partial charge in [-0.25, -0.2) is 0 Å². The van der Waals surface area contributed by atoms with E-state index in [0.29, 0.717) is 16.2 Å². The maximum Gasteiger partial charge on any atom is 0.0602 e. The van der Waals surface area contributed by atoms with Crippen molar-refractivity contribution in [3.8, 4) is 0 Å². The lowest BCUT2D eigenvalue weighted by atomic mass is 9.32.